The van der Waals surface area contributed by atoms with Crippen LogP contribution in [-0.2, 0) is 29.5 Å². The molecule has 0 aromatic carbocycles. The number of aryl methyl sites for hydroxylation is 2. The molecule has 1 aromatic heterocycles. The summed E-state index contributed by atoms with van der Waals surface area (Å²) in [4.78, 5) is 34.4. The Morgan fingerprint density at radius 1 is 1.45 bits per heavy atom. The molecule has 0 unspecified atom stereocenters. The molecule has 1 aromatic rings. The van der Waals surface area contributed by atoms with Crippen molar-refractivity contribution < 1.29 is 14.4 Å². The Bertz CT molecular complexity index is 606. The van der Waals surface area contributed by atoms with Gasteiger partial charge < -0.3 is 10.6 Å². The third-order valence-corrected chi connectivity index (χ3v) is 3.57. The highest BCUT2D eigenvalue weighted by Crippen LogP contribution is 2.28. The Hall–Kier alpha value is -2.38. The molecule has 0 saturated carbocycles. The maximum atomic E-state index is 12.0. The van der Waals surface area contributed by atoms with Crippen molar-refractivity contribution in [2.75, 3.05) is 5.32 Å². The first kappa shape index (κ1) is 12.6. The van der Waals surface area contributed by atoms with Crippen molar-refractivity contribution in [1.29, 1.82) is 0 Å². The van der Waals surface area contributed by atoms with Gasteiger partial charge in [-0.3, -0.25) is 19.6 Å². The summed E-state index contributed by atoms with van der Waals surface area (Å²) in [7, 11) is 1.78. The van der Waals surface area contributed by atoms with Gasteiger partial charge in [0.1, 0.15) is 11.9 Å². The zero-order valence-electron chi connectivity index (χ0n) is 11.0. The second kappa shape index (κ2) is 4.62. The molecule has 3 rings (SSSR count). The Balaban J connectivity index is 1.68. The van der Waals surface area contributed by atoms with Crippen LogP contribution in [0.4, 0.5) is 10.6 Å². The number of fused-ring (bicyclic) bond motifs is 1. The smallest absolute Gasteiger partial charge is 0.322 e. The van der Waals surface area contributed by atoms with E-state index in [0.29, 0.717) is 5.82 Å². The predicted molar refractivity (Wildman–Crippen MR) is 68.9 cm³/mol. The van der Waals surface area contributed by atoms with Gasteiger partial charge in [0, 0.05) is 12.6 Å². The lowest BCUT2D eigenvalue weighted by molar-refractivity contribution is -0.124. The van der Waals surface area contributed by atoms with Crippen LogP contribution in [-0.4, -0.2) is 33.7 Å². The minimum absolute atomic E-state index is 0.0858. The molecular weight excluding hydrogens is 262 g/mol. The van der Waals surface area contributed by atoms with Crippen molar-refractivity contribution in [2.45, 2.75) is 31.7 Å². The summed E-state index contributed by atoms with van der Waals surface area (Å²) in [5.74, 6) is -0.0994. The van der Waals surface area contributed by atoms with Gasteiger partial charge in [0.05, 0.1) is 12.1 Å². The summed E-state index contributed by atoms with van der Waals surface area (Å²) in [6.07, 6.45) is 2.79. The van der Waals surface area contributed by atoms with Crippen LogP contribution in [0.25, 0.3) is 0 Å². The van der Waals surface area contributed by atoms with E-state index in [1.54, 1.807) is 11.7 Å². The van der Waals surface area contributed by atoms with Crippen LogP contribution in [0.5, 0.6) is 0 Å². The number of rotatable bonds is 3. The number of hydrogen-bond acceptors (Lipinski definition) is 4. The fourth-order valence-electron chi connectivity index (χ4n) is 2.65. The number of imide groups is 1. The van der Waals surface area contributed by atoms with E-state index in [9.17, 15) is 14.4 Å². The van der Waals surface area contributed by atoms with Gasteiger partial charge >= 0.3 is 6.03 Å². The average molecular weight is 277 g/mol. The van der Waals surface area contributed by atoms with Crippen LogP contribution >= 0.6 is 0 Å². The molecule has 0 radical (unpaired) electrons. The largest absolute Gasteiger partial charge is 0.325 e. The zero-order chi connectivity index (χ0) is 14.3. The van der Waals surface area contributed by atoms with Crippen LogP contribution < -0.4 is 16.0 Å². The molecule has 8 nitrogen and oxygen atoms in total. The van der Waals surface area contributed by atoms with E-state index in [-0.39, 0.29) is 12.3 Å². The minimum Gasteiger partial charge on any atom is -0.325 e. The molecule has 0 bridgehead atoms. The van der Waals surface area contributed by atoms with Gasteiger partial charge in [0.15, 0.2) is 0 Å². The topological polar surface area (TPSA) is 105 Å². The van der Waals surface area contributed by atoms with Crippen LogP contribution in [0.3, 0.4) is 0 Å². The molecule has 1 atom stereocenters. The lowest BCUT2D eigenvalue weighted by atomic mass is 10.2. The van der Waals surface area contributed by atoms with E-state index in [2.05, 4.69) is 21.0 Å². The van der Waals surface area contributed by atoms with Crippen LogP contribution in [0.15, 0.2) is 0 Å². The van der Waals surface area contributed by atoms with Gasteiger partial charge in [-0.1, -0.05) is 0 Å². The molecule has 1 aliphatic carbocycles. The minimum atomic E-state index is -0.802. The monoisotopic (exact) mass is 277 g/mol. The summed E-state index contributed by atoms with van der Waals surface area (Å²) in [5, 5.41) is 11.6. The number of carbonyl (C=O) groups excluding carboxylic acids is 3. The number of hydrogen-bond donors (Lipinski definition) is 3. The molecular formula is C12H15N5O3. The number of carbonyl (C=O) groups is 3. The summed E-state index contributed by atoms with van der Waals surface area (Å²) in [5.41, 5.74) is 2.09. The van der Waals surface area contributed by atoms with E-state index in [1.807, 2.05) is 0 Å². The Morgan fingerprint density at radius 2 is 2.25 bits per heavy atom. The van der Waals surface area contributed by atoms with E-state index >= 15 is 0 Å². The molecule has 1 aliphatic heterocycles. The fourth-order valence-corrected chi connectivity index (χ4v) is 2.65. The summed E-state index contributed by atoms with van der Waals surface area (Å²) >= 11 is 0. The molecule has 3 N–H and O–H groups in total. The first-order valence-corrected chi connectivity index (χ1v) is 6.50. The number of aromatic nitrogens is 2. The van der Waals surface area contributed by atoms with Crippen molar-refractivity contribution >= 4 is 23.7 Å². The molecule has 106 valence electrons. The highest BCUT2D eigenvalue weighted by molar-refractivity contribution is 6.06. The Kier molecular flexibility index (Phi) is 2.92. The van der Waals surface area contributed by atoms with Crippen molar-refractivity contribution in [2.24, 2.45) is 7.05 Å². The third kappa shape index (κ3) is 2.13. The van der Waals surface area contributed by atoms with Gasteiger partial charge in [-0.2, -0.15) is 5.10 Å². The number of anilines is 1. The summed E-state index contributed by atoms with van der Waals surface area (Å²) < 4.78 is 1.65. The molecule has 2 heterocycles. The normalized spacial score (nSPS) is 20.6. The maximum absolute atomic E-state index is 12.0. The first-order chi connectivity index (χ1) is 9.54. The van der Waals surface area contributed by atoms with Gasteiger partial charge in [-0.05, 0) is 19.3 Å². The summed E-state index contributed by atoms with van der Waals surface area (Å²) in [6.45, 7) is 0. The van der Waals surface area contributed by atoms with Crippen molar-refractivity contribution in [1.82, 2.24) is 20.4 Å². The van der Waals surface area contributed by atoms with E-state index in [1.165, 1.54) is 0 Å². The van der Waals surface area contributed by atoms with Gasteiger partial charge in [-0.25, -0.2) is 4.79 Å². The van der Waals surface area contributed by atoms with Gasteiger partial charge in [0.2, 0.25) is 5.91 Å². The molecule has 1 fully saturated rings. The van der Waals surface area contributed by atoms with Crippen molar-refractivity contribution in [3.63, 3.8) is 0 Å². The lowest BCUT2D eigenvalue weighted by Crippen LogP contribution is -2.33. The standard InChI is InChI=1S/C12H15N5O3/c1-17-10(6-3-2-4-7(6)16-17)14-9(18)5-8-11(19)15-12(20)13-8/h8H,2-5H2,1H3,(H,14,18)(H2,13,15,19,20)/t8-/m1/s1. The van der Waals surface area contributed by atoms with E-state index in [4.69, 9.17) is 0 Å². The zero-order valence-corrected chi connectivity index (χ0v) is 11.0. The maximum Gasteiger partial charge on any atom is 0.322 e. The quantitative estimate of drug-likeness (QED) is 0.644. The van der Waals surface area contributed by atoms with Gasteiger partial charge in [-0.15, -0.1) is 0 Å². The predicted octanol–water partition coefficient (Wildman–Crippen LogP) is -0.555. The SMILES string of the molecule is Cn1nc2c(c1NC(=O)C[C@H]1NC(=O)NC1=O)CCC2. The van der Waals surface area contributed by atoms with Crippen LogP contribution in [0, 0.1) is 0 Å². The molecule has 8 heteroatoms. The fraction of sp³-hybridized carbons (Fsp3) is 0.500. The molecule has 1 saturated heterocycles. The number of nitrogens with zero attached hydrogens (tertiary/aromatic N) is 2. The number of urea groups is 1. The Morgan fingerprint density at radius 3 is 2.95 bits per heavy atom. The lowest BCUT2D eigenvalue weighted by Gasteiger charge is -2.10. The van der Waals surface area contributed by atoms with Crippen LogP contribution in [0.2, 0.25) is 0 Å². The second-order valence-electron chi connectivity index (χ2n) is 5.02. The van der Waals surface area contributed by atoms with E-state index < -0.39 is 18.0 Å². The highest BCUT2D eigenvalue weighted by atomic mass is 16.2. The van der Waals surface area contributed by atoms with Gasteiger partial charge in [0.25, 0.3) is 5.91 Å². The second-order valence-corrected chi connectivity index (χ2v) is 5.02. The molecule has 4 amide bonds. The third-order valence-electron chi connectivity index (χ3n) is 3.57. The van der Waals surface area contributed by atoms with Crippen LogP contribution in [0.1, 0.15) is 24.1 Å². The van der Waals surface area contributed by atoms with Crippen molar-refractivity contribution in [3.8, 4) is 0 Å². The molecule has 2 aliphatic rings. The average Bonchev–Trinajstić information content (AvgIpc) is 3.00. The Labute approximate surface area is 114 Å². The summed E-state index contributed by atoms with van der Waals surface area (Å²) in [6, 6.07) is -1.36. The molecule has 20 heavy (non-hydrogen) atoms. The van der Waals surface area contributed by atoms with Crippen molar-refractivity contribution in [3.05, 3.63) is 11.3 Å². The first-order valence-electron chi connectivity index (χ1n) is 6.50. The molecule has 0 spiro atoms. The number of nitrogens with one attached hydrogen (secondary N) is 3. The number of amides is 4. The highest BCUT2D eigenvalue weighted by Gasteiger charge is 2.32. The van der Waals surface area contributed by atoms with E-state index in [0.717, 1.165) is 30.5 Å².